The van der Waals surface area contributed by atoms with E-state index in [0.717, 1.165) is 11.3 Å². The number of carbonyl (C=O) groups excluding carboxylic acids is 1. The minimum Gasteiger partial charge on any atom is -0.548 e. The molecule has 0 atom stereocenters. The number of hydrogen-bond acceptors (Lipinski definition) is 3. The van der Waals surface area contributed by atoms with Crippen LogP contribution in [-0.2, 0) is 4.79 Å². The molecule has 17 heavy (non-hydrogen) atoms. The summed E-state index contributed by atoms with van der Waals surface area (Å²) in [5.74, 6) is -1.06. The molecule has 0 aromatic heterocycles. The fourth-order valence-corrected chi connectivity index (χ4v) is 1.81. The van der Waals surface area contributed by atoms with Gasteiger partial charge in [0.05, 0.1) is 11.5 Å². The Labute approximate surface area is 125 Å². The number of anilines is 1. The summed E-state index contributed by atoms with van der Waals surface area (Å²) in [5.41, 5.74) is 1.03. The quantitative estimate of drug-likeness (QED) is 0.595. The summed E-state index contributed by atoms with van der Waals surface area (Å²) in [6, 6.07) is 7.82. The van der Waals surface area contributed by atoms with E-state index in [9.17, 15) is 9.90 Å². The van der Waals surface area contributed by atoms with Crippen molar-refractivity contribution in [3.8, 4) is 0 Å². The second-order valence-corrected chi connectivity index (χ2v) is 4.43. The van der Waals surface area contributed by atoms with Crippen molar-refractivity contribution in [1.29, 1.82) is 0 Å². The first-order valence-electron chi connectivity index (χ1n) is 5.45. The average Bonchev–Trinajstić information content (AvgIpc) is 2.18. The molecule has 0 aliphatic rings. The summed E-state index contributed by atoms with van der Waals surface area (Å²) in [7, 11) is 0. The van der Waals surface area contributed by atoms with Crippen molar-refractivity contribution >= 4 is 11.7 Å². The Hall–Kier alpha value is -0.510. The maximum absolute atomic E-state index is 11.1. The Morgan fingerprint density at radius 1 is 1.41 bits per heavy atom. The number of nitrogens with zero attached hydrogens (tertiary/aromatic N) is 1. The second-order valence-electron chi connectivity index (χ2n) is 4.43. The van der Waals surface area contributed by atoms with E-state index < -0.39 is 11.5 Å². The van der Waals surface area contributed by atoms with Gasteiger partial charge in [-0.05, 0) is 45.4 Å². The molecular weight excluding hydrogens is 225 g/mol. The van der Waals surface area contributed by atoms with Crippen LogP contribution in [0.5, 0.6) is 0 Å². The normalized spacial score (nSPS) is 10.6. The van der Waals surface area contributed by atoms with Crippen molar-refractivity contribution in [2.45, 2.75) is 33.2 Å². The maximum Gasteiger partial charge on any atom is 1.00 e. The van der Waals surface area contributed by atoms with Gasteiger partial charge < -0.3 is 14.8 Å². The molecule has 0 bridgehead atoms. The van der Waals surface area contributed by atoms with E-state index in [0.29, 0.717) is 6.54 Å². The zero-order valence-electron chi connectivity index (χ0n) is 11.3. The zero-order valence-corrected chi connectivity index (χ0v) is 13.3. The van der Waals surface area contributed by atoms with Crippen molar-refractivity contribution in [2.75, 3.05) is 11.4 Å². The summed E-state index contributed by atoms with van der Waals surface area (Å²) >= 11 is 0. The molecule has 0 aliphatic carbocycles. The number of carboxylic acid groups (broad SMARTS) is 1. The van der Waals surface area contributed by atoms with Gasteiger partial charge in [-0.2, -0.15) is 0 Å². The van der Waals surface area contributed by atoms with Crippen molar-refractivity contribution in [3.63, 3.8) is 0 Å². The standard InChI is InChI=1S/C13H19NO2.Na/c1-5-14(13(3,4)12(15)16)11-8-6-7-10(2)9-11;/h6-9H,5H2,1-4H3,(H,15,16);/q;+1/p-1. The Balaban J connectivity index is 0.00000256. The summed E-state index contributed by atoms with van der Waals surface area (Å²) in [6.07, 6.45) is 0. The molecule has 1 aromatic carbocycles. The number of hydrogen-bond donors (Lipinski definition) is 0. The van der Waals surface area contributed by atoms with Crippen LogP contribution in [-0.4, -0.2) is 18.1 Å². The zero-order chi connectivity index (χ0) is 12.3. The number of rotatable bonds is 4. The first-order chi connectivity index (χ1) is 7.39. The molecule has 0 aliphatic heterocycles. The summed E-state index contributed by atoms with van der Waals surface area (Å²) in [6.45, 7) is 7.88. The van der Waals surface area contributed by atoms with Gasteiger partial charge in [0, 0.05) is 12.2 Å². The SMILES string of the molecule is CCN(c1cccc(C)c1)C(C)(C)C(=O)[O-].[Na+]. The molecule has 0 spiro atoms. The van der Waals surface area contributed by atoms with Crippen LogP contribution in [0.3, 0.4) is 0 Å². The fraction of sp³-hybridized carbons (Fsp3) is 0.462. The predicted octanol–water partition coefficient (Wildman–Crippen LogP) is -1.65. The van der Waals surface area contributed by atoms with Crippen LogP contribution in [0.15, 0.2) is 24.3 Å². The molecule has 0 fully saturated rings. The minimum atomic E-state index is -1.06. The van der Waals surface area contributed by atoms with Crippen molar-refractivity contribution in [2.24, 2.45) is 0 Å². The van der Waals surface area contributed by atoms with Crippen LogP contribution < -0.4 is 39.6 Å². The number of carboxylic acids is 1. The third-order valence-electron chi connectivity index (χ3n) is 2.80. The third-order valence-corrected chi connectivity index (χ3v) is 2.80. The monoisotopic (exact) mass is 243 g/mol. The van der Waals surface area contributed by atoms with E-state index in [1.807, 2.05) is 43.0 Å². The molecule has 88 valence electrons. The number of benzene rings is 1. The number of carbonyl (C=O) groups is 1. The average molecular weight is 243 g/mol. The molecule has 0 unspecified atom stereocenters. The van der Waals surface area contributed by atoms with E-state index in [4.69, 9.17) is 0 Å². The van der Waals surface area contributed by atoms with Crippen LogP contribution >= 0.6 is 0 Å². The number of aliphatic carboxylic acids is 1. The van der Waals surface area contributed by atoms with Crippen molar-refractivity contribution in [3.05, 3.63) is 29.8 Å². The molecular formula is C13H18NNaO2. The van der Waals surface area contributed by atoms with Crippen LogP contribution in [0.2, 0.25) is 0 Å². The molecule has 1 rings (SSSR count). The first kappa shape index (κ1) is 16.5. The van der Waals surface area contributed by atoms with Crippen molar-refractivity contribution < 1.29 is 39.5 Å². The predicted molar refractivity (Wildman–Crippen MR) is 63.3 cm³/mol. The number of aryl methyl sites for hydroxylation is 1. The minimum absolute atomic E-state index is 0. The van der Waals surface area contributed by atoms with Gasteiger partial charge in [-0.3, -0.25) is 0 Å². The van der Waals surface area contributed by atoms with E-state index >= 15 is 0 Å². The van der Waals surface area contributed by atoms with Gasteiger partial charge in [0.25, 0.3) is 0 Å². The van der Waals surface area contributed by atoms with Gasteiger partial charge in [-0.25, -0.2) is 0 Å². The van der Waals surface area contributed by atoms with E-state index in [1.54, 1.807) is 13.8 Å². The van der Waals surface area contributed by atoms with Gasteiger partial charge in [-0.1, -0.05) is 12.1 Å². The van der Waals surface area contributed by atoms with E-state index in [-0.39, 0.29) is 29.6 Å². The van der Waals surface area contributed by atoms with Crippen LogP contribution in [0.25, 0.3) is 0 Å². The Morgan fingerprint density at radius 2 is 2.00 bits per heavy atom. The van der Waals surface area contributed by atoms with Crippen molar-refractivity contribution in [1.82, 2.24) is 0 Å². The molecule has 1 aromatic rings. The van der Waals surface area contributed by atoms with Gasteiger partial charge >= 0.3 is 29.6 Å². The summed E-state index contributed by atoms with van der Waals surface area (Å²) < 4.78 is 0. The van der Waals surface area contributed by atoms with Gasteiger partial charge in [0.1, 0.15) is 0 Å². The van der Waals surface area contributed by atoms with Crippen LogP contribution in [0.1, 0.15) is 26.3 Å². The molecule has 0 heterocycles. The smallest absolute Gasteiger partial charge is 0.548 e. The van der Waals surface area contributed by atoms with Gasteiger partial charge in [0.2, 0.25) is 0 Å². The Bertz CT molecular complexity index is 391. The molecule has 3 nitrogen and oxygen atoms in total. The van der Waals surface area contributed by atoms with E-state index in [2.05, 4.69) is 0 Å². The van der Waals surface area contributed by atoms with E-state index in [1.165, 1.54) is 0 Å². The molecule has 0 radical (unpaired) electrons. The maximum atomic E-state index is 11.1. The van der Waals surface area contributed by atoms with Gasteiger partial charge in [-0.15, -0.1) is 0 Å². The van der Waals surface area contributed by atoms with Gasteiger partial charge in [0.15, 0.2) is 0 Å². The third kappa shape index (κ3) is 3.73. The first-order valence-corrected chi connectivity index (χ1v) is 5.45. The van der Waals surface area contributed by atoms with Crippen LogP contribution in [0, 0.1) is 6.92 Å². The second kappa shape index (κ2) is 6.43. The topological polar surface area (TPSA) is 43.4 Å². The summed E-state index contributed by atoms with van der Waals surface area (Å²) in [5, 5.41) is 11.1. The molecule has 0 N–H and O–H groups in total. The molecule has 0 saturated heterocycles. The Kier molecular flexibility index (Phi) is 6.24. The summed E-state index contributed by atoms with van der Waals surface area (Å²) in [4.78, 5) is 13.0. The fourth-order valence-electron chi connectivity index (χ4n) is 1.81. The molecule has 0 saturated carbocycles. The molecule has 4 heteroatoms. The van der Waals surface area contributed by atoms with Crippen LogP contribution in [0.4, 0.5) is 5.69 Å². The molecule has 0 amide bonds. The largest absolute Gasteiger partial charge is 1.00 e. The Morgan fingerprint density at radius 3 is 2.41 bits per heavy atom. The number of likely N-dealkylation sites (N-methyl/N-ethyl adjacent to an activating group) is 1.